The van der Waals surface area contributed by atoms with Crippen molar-refractivity contribution in [2.45, 2.75) is 50.3 Å². The van der Waals surface area contributed by atoms with Crippen molar-refractivity contribution in [1.29, 1.82) is 0 Å². The predicted octanol–water partition coefficient (Wildman–Crippen LogP) is 3.65. The highest BCUT2D eigenvalue weighted by Gasteiger charge is 2.27. The number of hydrogen-bond acceptors (Lipinski definition) is 5. The molecule has 2 aliphatic heterocycles. The number of hydrogen-bond donors (Lipinski definition) is 2. The fourth-order valence-corrected chi connectivity index (χ4v) is 6.53. The zero-order valence-corrected chi connectivity index (χ0v) is 21.4. The summed E-state index contributed by atoms with van der Waals surface area (Å²) < 4.78 is 29.3. The van der Waals surface area contributed by atoms with Crippen LogP contribution in [-0.4, -0.2) is 58.5 Å². The first-order valence-corrected chi connectivity index (χ1v) is 14.4. The van der Waals surface area contributed by atoms with Crippen molar-refractivity contribution >= 4 is 27.3 Å². The molecule has 1 aliphatic carbocycles. The second-order valence-electron chi connectivity index (χ2n) is 10.2. The van der Waals surface area contributed by atoms with Crippen molar-refractivity contribution in [2.24, 2.45) is 5.92 Å². The SMILES string of the molecule is CC1CCN(C(=O)c2cc(NS(=O)(=O)c3ccc4c(c3)CCCC4)ccc2N2CCNCC2)CC1. The molecule has 5 rings (SSSR count). The van der Waals surface area contributed by atoms with E-state index in [1.54, 1.807) is 18.2 Å². The maximum Gasteiger partial charge on any atom is 0.261 e. The third-order valence-corrected chi connectivity index (χ3v) is 9.02. The first kappa shape index (κ1) is 24.1. The van der Waals surface area contributed by atoms with Crippen molar-refractivity contribution < 1.29 is 13.2 Å². The summed E-state index contributed by atoms with van der Waals surface area (Å²) in [5.41, 5.74) is 4.26. The quantitative estimate of drug-likeness (QED) is 0.661. The Morgan fingerprint density at radius 2 is 1.66 bits per heavy atom. The number of rotatable bonds is 5. The molecule has 0 saturated carbocycles. The normalized spacial score (nSPS) is 19.3. The number of anilines is 2. The lowest BCUT2D eigenvalue weighted by molar-refractivity contribution is 0.0698. The highest BCUT2D eigenvalue weighted by Crippen LogP contribution is 2.30. The Labute approximate surface area is 208 Å². The van der Waals surface area contributed by atoms with E-state index in [1.165, 1.54) is 5.56 Å². The van der Waals surface area contributed by atoms with Gasteiger partial charge in [0.2, 0.25) is 0 Å². The van der Waals surface area contributed by atoms with Gasteiger partial charge in [0.1, 0.15) is 0 Å². The summed E-state index contributed by atoms with van der Waals surface area (Å²) in [6.45, 7) is 7.07. The number of sulfonamides is 1. The van der Waals surface area contributed by atoms with Crippen LogP contribution in [0.1, 0.15) is 54.1 Å². The number of benzene rings is 2. The summed E-state index contributed by atoms with van der Waals surface area (Å²) in [6.07, 6.45) is 6.18. The van der Waals surface area contributed by atoms with Crippen molar-refractivity contribution in [2.75, 3.05) is 48.9 Å². The van der Waals surface area contributed by atoms with Crippen LogP contribution in [0.5, 0.6) is 0 Å². The Bertz CT molecular complexity index is 1180. The third-order valence-electron chi connectivity index (χ3n) is 7.64. The standard InChI is InChI=1S/C27H36N4O3S/c1-20-10-14-31(15-11-20)27(32)25-19-23(7-9-26(25)30-16-12-28-13-17-30)29-35(33,34)24-8-6-21-4-2-3-5-22(21)18-24/h6-9,18-20,28-29H,2-5,10-17H2,1H3. The van der Waals surface area contributed by atoms with E-state index in [-0.39, 0.29) is 10.8 Å². The average molecular weight is 497 g/mol. The molecule has 2 N–H and O–H groups in total. The van der Waals surface area contributed by atoms with Crippen molar-refractivity contribution in [3.63, 3.8) is 0 Å². The van der Waals surface area contributed by atoms with Gasteiger partial charge in [0.05, 0.1) is 10.5 Å². The number of fused-ring (bicyclic) bond motifs is 1. The largest absolute Gasteiger partial charge is 0.368 e. The van der Waals surface area contributed by atoms with E-state index in [9.17, 15) is 13.2 Å². The van der Waals surface area contributed by atoms with Crippen LogP contribution in [0.15, 0.2) is 41.3 Å². The maximum atomic E-state index is 13.6. The zero-order chi connectivity index (χ0) is 24.4. The van der Waals surface area contributed by atoms with Gasteiger partial charge in [-0.15, -0.1) is 0 Å². The minimum absolute atomic E-state index is 0.0136. The molecule has 0 atom stereocenters. The highest BCUT2D eigenvalue weighted by atomic mass is 32.2. The van der Waals surface area contributed by atoms with Crippen LogP contribution in [0.3, 0.4) is 0 Å². The van der Waals surface area contributed by atoms with E-state index in [1.807, 2.05) is 23.1 Å². The van der Waals surface area contributed by atoms with Crippen molar-refractivity contribution in [3.8, 4) is 0 Å². The third kappa shape index (κ3) is 5.33. The minimum atomic E-state index is -3.76. The summed E-state index contributed by atoms with van der Waals surface area (Å²) in [4.78, 5) is 18.0. The molecule has 0 unspecified atom stereocenters. The Kier molecular flexibility index (Phi) is 7.02. The van der Waals surface area contributed by atoms with Gasteiger partial charge in [-0.05, 0) is 85.9 Å². The van der Waals surface area contributed by atoms with Crippen LogP contribution in [0.4, 0.5) is 11.4 Å². The number of carbonyl (C=O) groups is 1. The van der Waals surface area contributed by atoms with E-state index in [0.29, 0.717) is 17.2 Å². The topological polar surface area (TPSA) is 81.8 Å². The van der Waals surface area contributed by atoms with E-state index in [0.717, 1.165) is 89.0 Å². The summed E-state index contributed by atoms with van der Waals surface area (Å²) in [7, 11) is -3.76. The zero-order valence-electron chi connectivity index (χ0n) is 20.6. The number of likely N-dealkylation sites (tertiary alicyclic amines) is 1. The number of piperazine rings is 1. The van der Waals surface area contributed by atoms with Gasteiger partial charge in [0.15, 0.2) is 0 Å². The maximum absolute atomic E-state index is 13.6. The molecule has 1 amide bonds. The Hall–Kier alpha value is -2.58. The van der Waals surface area contributed by atoms with Gasteiger partial charge in [-0.1, -0.05) is 13.0 Å². The molecule has 188 valence electrons. The molecule has 2 aromatic carbocycles. The van der Waals surface area contributed by atoms with Crippen LogP contribution in [0, 0.1) is 5.92 Å². The fourth-order valence-electron chi connectivity index (χ4n) is 5.43. The lowest BCUT2D eigenvalue weighted by Crippen LogP contribution is -2.45. The molecule has 7 nitrogen and oxygen atoms in total. The molecule has 0 radical (unpaired) electrons. The fraction of sp³-hybridized carbons (Fsp3) is 0.519. The van der Waals surface area contributed by atoms with Gasteiger partial charge in [-0.25, -0.2) is 8.42 Å². The highest BCUT2D eigenvalue weighted by molar-refractivity contribution is 7.92. The number of amides is 1. The second-order valence-corrected chi connectivity index (χ2v) is 11.9. The number of nitrogens with zero attached hydrogens (tertiary/aromatic N) is 2. The van der Waals surface area contributed by atoms with Gasteiger partial charge in [-0.2, -0.15) is 0 Å². The van der Waals surface area contributed by atoms with Crippen LogP contribution >= 0.6 is 0 Å². The summed E-state index contributed by atoms with van der Waals surface area (Å²) in [6, 6.07) is 10.9. The lowest BCUT2D eigenvalue weighted by atomic mass is 9.92. The van der Waals surface area contributed by atoms with Crippen LogP contribution in [0.2, 0.25) is 0 Å². The summed E-state index contributed by atoms with van der Waals surface area (Å²) in [5.74, 6) is 0.613. The summed E-state index contributed by atoms with van der Waals surface area (Å²) >= 11 is 0. The molecular weight excluding hydrogens is 460 g/mol. The molecule has 0 bridgehead atoms. The molecule has 35 heavy (non-hydrogen) atoms. The first-order chi connectivity index (χ1) is 16.9. The van der Waals surface area contributed by atoms with Gasteiger partial charge >= 0.3 is 0 Å². The Morgan fingerprint density at radius 3 is 2.40 bits per heavy atom. The number of piperidine rings is 1. The van der Waals surface area contributed by atoms with E-state index in [2.05, 4.69) is 21.9 Å². The second kappa shape index (κ2) is 10.2. The minimum Gasteiger partial charge on any atom is -0.368 e. The predicted molar refractivity (Wildman–Crippen MR) is 140 cm³/mol. The van der Waals surface area contributed by atoms with Gasteiger partial charge in [0.25, 0.3) is 15.9 Å². The molecule has 2 aromatic rings. The van der Waals surface area contributed by atoms with Crippen molar-refractivity contribution in [1.82, 2.24) is 10.2 Å². The number of carbonyl (C=O) groups excluding carboxylic acids is 1. The molecule has 0 spiro atoms. The van der Waals surface area contributed by atoms with Gasteiger partial charge in [0, 0.05) is 50.6 Å². The first-order valence-electron chi connectivity index (χ1n) is 12.9. The smallest absolute Gasteiger partial charge is 0.261 e. The molecule has 0 aromatic heterocycles. The lowest BCUT2D eigenvalue weighted by Gasteiger charge is -2.34. The number of aryl methyl sites for hydroxylation is 2. The molecule has 3 aliphatic rings. The molecule has 8 heteroatoms. The molecule has 2 heterocycles. The van der Waals surface area contributed by atoms with Gasteiger partial charge in [-0.3, -0.25) is 9.52 Å². The van der Waals surface area contributed by atoms with E-state index < -0.39 is 10.0 Å². The Morgan fingerprint density at radius 1 is 0.943 bits per heavy atom. The van der Waals surface area contributed by atoms with E-state index >= 15 is 0 Å². The van der Waals surface area contributed by atoms with E-state index in [4.69, 9.17) is 0 Å². The average Bonchev–Trinajstić information content (AvgIpc) is 2.88. The monoisotopic (exact) mass is 496 g/mol. The molecular formula is C27H36N4O3S. The molecule has 2 fully saturated rings. The van der Waals surface area contributed by atoms with Crippen LogP contribution in [0.25, 0.3) is 0 Å². The van der Waals surface area contributed by atoms with Crippen LogP contribution < -0.4 is 14.9 Å². The van der Waals surface area contributed by atoms with Gasteiger partial charge < -0.3 is 15.1 Å². The Balaban J connectivity index is 1.44. The van der Waals surface area contributed by atoms with Crippen molar-refractivity contribution in [3.05, 3.63) is 53.1 Å². The number of nitrogens with one attached hydrogen (secondary N) is 2. The van der Waals surface area contributed by atoms with Crippen LogP contribution in [-0.2, 0) is 22.9 Å². The molecule has 2 saturated heterocycles. The summed E-state index contributed by atoms with van der Waals surface area (Å²) in [5, 5.41) is 3.35.